The van der Waals surface area contributed by atoms with E-state index in [1.807, 2.05) is 24.3 Å². The van der Waals surface area contributed by atoms with Gasteiger partial charge in [0, 0.05) is 17.1 Å². The predicted octanol–water partition coefficient (Wildman–Crippen LogP) is 2.48. The van der Waals surface area contributed by atoms with Crippen molar-refractivity contribution < 1.29 is 4.79 Å². The highest BCUT2D eigenvalue weighted by atomic mass is 79.9. The molecule has 0 heterocycles. The van der Waals surface area contributed by atoms with Crippen molar-refractivity contribution in [3.63, 3.8) is 0 Å². The zero-order valence-electron chi connectivity index (χ0n) is 11.2. The average Bonchev–Trinajstić information content (AvgIpc) is 2.27. The van der Waals surface area contributed by atoms with Gasteiger partial charge in [0.15, 0.2) is 0 Å². The number of carbonyl (C=O) groups excluding carboxylic acids is 1. The van der Waals surface area contributed by atoms with Crippen LogP contribution in [0.2, 0.25) is 0 Å². The van der Waals surface area contributed by atoms with Crippen molar-refractivity contribution in [2.75, 3.05) is 6.54 Å². The molecule has 1 aromatic rings. The number of halogens is 1. The standard InChI is InChI=1S/C14H21BrN2O/c1-14(2,3)12(9-16)17-13(18)8-10-4-6-11(15)7-5-10/h4-7,12H,8-9,16H2,1-3H3,(H,17,18). The largest absolute Gasteiger partial charge is 0.351 e. The monoisotopic (exact) mass is 312 g/mol. The second kappa shape index (κ2) is 6.34. The number of hydrogen-bond acceptors (Lipinski definition) is 2. The van der Waals surface area contributed by atoms with Gasteiger partial charge in [0.2, 0.25) is 5.91 Å². The van der Waals surface area contributed by atoms with Crippen LogP contribution in [-0.2, 0) is 11.2 Å². The van der Waals surface area contributed by atoms with Crippen LogP contribution in [0.1, 0.15) is 26.3 Å². The molecule has 0 radical (unpaired) electrons. The van der Waals surface area contributed by atoms with E-state index in [2.05, 4.69) is 42.0 Å². The van der Waals surface area contributed by atoms with E-state index in [1.165, 1.54) is 0 Å². The Bertz CT molecular complexity index is 395. The third-order valence-corrected chi connectivity index (χ3v) is 3.42. The number of hydrogen-bond donors (Lipinski definition) is 2. The number of nitrogens with two attached hydrogens (primary N) is 1. The SMILES string of the molecule is CC(C)(C)C(CN)NC(=O)Cc1ccc(Br)cc1. The van der Waals surface area contributed by atoms with Gasteiger partial charge in [-0.05, 0) is 23.1 Å². The molecule has 1 atom stereocenters. The van der Waals surface area contributed by atoms with Crippen LogP contribution in [0.3, 0.4) is 0 Å². The highest BCUT2D eigenvalue weighted by Gasteiger charge is 2.24. The lowest BCUT2D eigenvalue weighted by Crippen LogP contribution is -2.48. The van der Waals surface area contributed by atoms with Crippen molar-refractivity contribution in [3.05, 3.63) is 34.3 Å². The van der Waals surface area contributed by atoms with Crippen molar-refractivity contribution in [1.82, 2.24) is 5.32 Å². The Kier molecular flexibility index (Phi) is 5.35. The van der Waals surface area contributed by atoms with Gasteiger partial charge in [-0.25, -0.2) is 0 Å². The van der Waals surface area contributed by atoms with Crippen molar-refractivity contribution in [2.24, 2.45) is 11.1 Å². The van der Waals surface area contributed by atoms with Gasteiger partial charge in [0.05, 0.1) is 6.42 Å². The topological polar surface area (TPSA) is 55.1 Å². The van der Waals surface area contributed by atoms with Crippen LogP contribution in [0, 0.1) is 5.41 Å². The molecule has 18 heavy (non-hydrogen) atoms. The Morgan fingerprint density at radius 3 is 2.33 bits per heavy atom. The normalized spacial score (nSPS) is 13.2. The van der Waals surface area contributed by atoms with E-state index in [4.69, 9.17) is 5.73 Å². The number of amides is 1. The van der Waals surface area contributed by atoms with E-state index < -0.39 is 0 Å². The van der Waals surface area contributed by atoms with Crippen LogP contribution in [0.25, 0.3) is 0 Å². The lowest BCUT2D eigenvalue weighted by atomic mass is 9.86. The molecule has 1 aromatic carbocycles. The molecular weight excluding hydrogens is 292 g/mol. The highest BCUT2D eigenvalue weighted by molar-refractivity contribution is 9.10. The molecule has 4 heteroatoms. The van der Waals surface area contributed by atoms with Crippen molar-refractivity contribution >= 4 is 21.8 Å². The smallest absolute Gasteiger partial charge is 0.224 e. The summed E-state index contributed by atoms with van der Waals surface area (Å²) >= 11 is 3.37. The van der Waals surface area contributed by atoms with Gasteiger partial charge >= 0.3 is 0 Å². The Balaban J connectivity index is 2.58. The fraction of sp³-hybridized carbons (Fsp3) is 0.500. The Hall–Kier alpha value is -0.870. The molecule has 0 spiro atoms. The van der Waals surface area contributed by atoms with Crippen LogP contribution >= 0.6 is 15.9 Å². The molecule has 1 amide bonds. The number of carbonyl (C=O) groups is 1. The molecule has 100 valence electrons. The Labute approximate surface area is 117 Å². The number of rotatable bonds is 4. The fourth-order valence-electron chi connectivity index (χ4n) is 1.66. The summed E-state index contributed by atoms with van der Waals surface area (Å²) in [6, 6.07) is 7.76. The minimum atomic E-state index is -0.0237. The predicted molar refractivity (Wildman–Crippen MR) is 78.3 cm³/mol. The molecular formula is C14H21BrN2O. The molecule has 0 saturated carbocycles. The van der Waals surface area contributed by atoms with Crippen LogP contribution < -0.4 is 11.1 Å². The first-order valence-electron chi connectivity index (χ1n) is 6.07. The van der Waals surface area contributed by atoms with Gasteiger partial charge in [0.25, 0.3) is 0 Å². The van der Waals surface area contributed by atoms with Gasteiger partial charge in [-0.3, -0.25) is 4.79 Å². The minimum absolute atomic E-state index is 0.000415. The van der Waals surface area contributed by atoms with E-state index in [9.17, 15) is 4.79 Å². The molecule has 0 aliphatic carbocycles. The molecule has 0 fully saturated rings. The quantitative estimate of drug-likeness (QED) is 0.897. The molecule has 1 rings (SSSR count). The van der Waals surface area contributed by atoms with Gasteiger partial charge < -0.3 is 11.1 Å². The second-order valence-corrected chi connectivity index (χ2v) is 6.44. The summed E-state index contributed by atoms with van der Waals surface area (Å²) in [5.41, 5.74) is 6.68. The van der Waals surface area contributed by atoms with Crippen LogP contribution in [0.15, 0.2) is 28.7 Å². The Morgan fingerprint density at radius 1 is 1.33 bits per heavy atom. The van der Waals surface area contributed by atoms with Gasteiger partial charge in [-0.15, -0.1) is 0 Å². The van der Waals surface area contributed by atoms with E-state index in [-0.39, 0.29) is 17.4 Å². The van der Waals surface area contributed by atoms with Crippen LogP contribution in [0.4, 0.5) is 0 Å². The summed E-state index contributed by atoms with van der Waals surface area (Å²) in [6.45, 7) is 6.68. The molecule has 3 nitrogen and oxygen atoms in total. The summed E-state index contributed by atoms with van der Waals surface area (Å²) in [7, 11) is 0. The molecule has 1 unspecified atom stereocenters. The molecule has 3 N–H and O–H groups in total. The maximum atomic E-state index is 11.9. The molecule has 0 aliphatic heterocycles. The maximum absolute atomic E-state index is 11.9. The summed E-state index contributed by atoms with van der Waals surface area (Å²) in [4.78, 5) is 11.9. The summed E-state index contributed by atoms with van der Waals surface area (Å²) in [5, 5.41) is 2.99. The molecule has 0 aromatic heterocycles. The maximum Gasteiger partial charge on any atom is 0.224 e. The zero-order valence-corrected chi connectivity index (χ0v) is 12.8. The van der Waals surface area contributed by atoms with Crippen molar-refractivity contribution in [1.29, 1.82) is 0 Å². The summed E-state index contributed by atoms with van der Waals surface area (Å²) in [6.07, 6.45) is 0.389. The third kappa shape index (κ3) is 4.78. The van der Waals surface area contributed by atoms with Gasteiger partial charge in [0.1, 0.15) is 0 Å². The zero-order chi connectivity index (χ0) is 13.8. The first kappa shape index (κ1) is 15.2. The first-order chi connectivity index (χ1) is 8.32. The van der Waals surface area contributed by atoms with E-state index in [0.29, 0.717) is 13.0 Å². The highest BCUT2D eigenvalue weighted by Crippen LogP contribution is 2.18. The van der Waals surface area contributed by atoms with E-state index in [1.54, 1.807) is 0 Å². The van der Waals surface area contributed by atoms with E-state index >= 15 is 0 Å². The van der Waals surface area contributed by atoms with Crippen molar-refractivity contribution in [3.8, 4) is 0 Å². The Morgan fingerprint density at radius 2 is 1.89 bits per heavy atom. The average molecular weight is 313 g/mol. The lowest BCUT2D eigenvalue weighted by molar-refractivity contribution is -0.121. The summed E-state index contributed by atoms with van der Waals surface area (Å²) in [5.74, 6) is 0.0164. The van der Waals surface area contributed by atoms with Gasteiger partial charge in [-0.2, -0.15) is 0 Å². The van der Waals surface area contributed by atoms with Crippen LogP contribution in [-0.4, -0.2) is 18.5 Å². The van der Waals surface area contributed by atoms with E-state index in [0.717, 1.165) is 10.0 Å². The van der Waals surface area contributed by atoms with Gasteiger partial charge in [-0.1, -0.05) is 48.8 Å². The number of nitrogens with one attached hydrogen (secondary N) is 1. The molecule has 0 saturated heterocycles. The fourth-order valence-corrected chi connectivity index (χ4v) is 1.93. The minimum Gasteiger partial charge on any atom is -0.351 e. The first-order valence-corrected chi connectivity index (χ1v) is 6.86. The summed E-state index contributed by atoms with van der Waals surface area (Å²) < 4.78 is 1.01. The lowest BCUT2D eigenvalue weighted by Gasteiger charge is -2.30. The molecule has 0 aliphatic rings. The third-order valence-electron chi connectivity index (χ3n) is 2.89. The second-order valence-electron chi connectivity index (χ2n) is 5.53. The van der Waals surface area contributed by atoms with Crippen LogP contribution in [0.5, 0.6) is 0 Å². The molecule has 0 bridgehead atoms. The van der Waals surface area contributed by atoms with Crippen molar-refractivity contribution in [2.45, 2.75) is 33.2 Å². The number of benzene rings is 1.